The van der Waals surface area contributed by atoms with Gasteiger partial charge in [-0.15, -0.1) is 10.2 Å². The van der Waals surface area contributed by atoms with E-state index in [1.165, 1.54) is 16.7 Å². The van der Waals surface area contributed by atoms with Crippen LogP contribution in [0.5, 0.6) is 0 Å². The van der Waals surface area contributed by atoms with Crippen molar-refractivity contribution in [3.63, 3.8) is 0 Å². The second-order valence-electron chi connectivity index (χ2n) is 13.2. The highest BCUT2D eigenvalue weighted by atomic mass is 16.6. The van der Waals surface area contributed by atoms with Crippen molar-refractivity contribution >= 4 is 29.5 Å². The third kappa shape index (κ3) is 7.59. The average molecular weight is 594 g/mol. The number of nitrogens with one attached hydrogen (secondary N) is 1. The van der Waals surface area contributed by atoms with Crippen molar-refractivity contribution in [2.45, 2.75) is 71.8 Å². The summed E-state index contributed by atoms with van der Waals surface area (Å²) in [7, 11) is 3.56. The molecule has 8 heteroatoms. The minimum Gasteiger partial charge on any atom is -0.444 e. The molecule has 0 saturated heterocycles. The van der Waals surface area contributed by atoms with Crippen LogP contribution in [-0.4, -0.2) is 51.8 Å². The van der Waals surface area contributed by atoms with Crippen molar-refractivity contribution in [2.75, 3.05) is 19.4 Å². The number of benzene rings is 1. The van der Waals surface area contributed by atoms with Crippen LogP contribution in [0.2, 0.25) is 0 Å². The van der Waals surface area contributed by atoms with E-state index in [9.17, 15) is 9.59 Å². The van der Waals surface area contributed by atoms with Gasteiger partial charge in [-0.1, -0.05) is 36.8 Å². The lowest BCUT2D eigenvalue weighted by molar-refractivity contribution is 0.0634. The van der Waals surface area contributed by atoms with Crippen LogP contribution in [0.25, 0.3) is 22.9 Å². The van der Waals surface area contributed by atoms with E-state index in [1.54, 1.807) is 25.1 Å². The molecule has 1 unspecified atom stereocenters. The third-order valence-electron chi connectivity index (χ3n) is 8.33. The van der Waals surface area contributed by atoms with Crippen LogP contribution in [0.4, 0.5) is 10.6 Å². The van der Waals surface area contributed by atoms with E-state index in [4.69, 9.17) is 9.72 Å². The van der Waals surface area contributed by atoms with Crippen molar-refractivity contribution in [3.05, 3.63) is 82.7 Å². The maximum Gasteiger partial charge on any atom is 0.413 e. The van der Waals surface area contributed by atoms with E-state index in [0.717, 1.165) is 66.6 Å². The van der Waals surface area contributed by atoms with Crippen LogP contribution in [0.3, 0.4) is 0 Å². The largest absolute Gasteiger partial charge is 0.444 e. The van der Waals surface area contributed by atoms with Crippen molar-refractivity contribution in [1.82, 2.24) is 20.1 Å². The summed E-state index contributed by atoms with van der Waals surface area (Å²) >= 11 is 0. The normalized spacial score (nSPS) is 18.3. The summed E-state index contributed by atoms with van der Waals surface area (Å²) in [5.74, 6) is 1.40. The minimum absolute atomic E-state index is 0.0283. The number of carbonyl (C=O) groups excluding carboxylic acids is 2. The Bertz CT molecular complexity index is 1570. The Morgan fingerprint density at radius 1 is 1.02 bits per heavy atom. The van der Waals surface area contributed by atoms with Crippen molar-refractivity contribution in [1.29, 1.82) is 0 Å². The monoisotopic (exact) mass is 593 g/mol. The topological polar surface area (TPSA) is 97.3 Å². The first-order valence-electron chi connectivity index (χ1n) is 15.5. The van der Waals surface area contributed by atoms with Crippen LogP contribution in [0, 0.1) is 11.8 Å². The van der Waals surface area contributed by atoms with Gasteiger partial charge < -0.3 is 9.64 Å². The Balaban J connectivity index is 1.27. The van der Waals surface area contributed by atoms with Crippen LogP contribution in [-0.2, 0) is 11.2 Å². The molecule has 0 spiro atoms. The lowest BCUT2D eigenvalue weighted by atomic mass is 9.79. The van der Waals surface area contributed by atoms with E-state index >= 15 is 0 Å². The fraction of sp³-hybridized carbons (Fsp3) is 0.417. The Hall–Kier alpha value is -4.33. The predicted molar refractivity (Wildman–Crippen MR) is 175 cm³/mol. The first kappa shape index (κ1) is 31.1. The summed E-state index contributed by atoms with van der Waals surface area (Å²) in [4.78, 5) is 30.8. The van der Waals surface area contributed by atoms with Gasteiger partial charge in [0, 0.05) is 42.7 Å². The van der Waals surface area contributed by atoms with E-state index < -0.39 is 11.7 Å². The number of aromatic nitrogens is 3. The maximum absolute atomic E-state index is 12.3. The molecule has 3 aromatic rings. The molecule has 2 amide bonds. The predicted octanol–water partition coefficient (Wildman–Crippen LogP) is 7.83. The van der Waals surface area contributed by atoms with Crippen LogP contribution >= 0.6 is 0 Å². The Labute approximate surface area is 260 Å². The summed E-state index contributed by atoms with van der Waals surface area (Å²) in [6, 6.07) is 13.7. The Kier molecular flexibility index (Phi) is 9.28. The number of anilines is 1. The van der Waals surface area contributed by atoms with Gasteiger partial charge in [0.25, 0.3) is 5.91 Å². The molecular weight excluding hydrogens is 550 g/mol. The number of ether oxygens (including phenoxy) is 1. The summed E-state index contributed by atoms with van der Waals surface area (Å²) < 4.78 is 5.32. The molecule has 2 heterocycles. The molecule has 0 fully saturated rings. The number of carbonyl (C=O) groups is 2. The zero-order valence-corrected chi connectivity index (χ0v) is 26.7. The molecular formula is C36H43N5O3. The van der Waals surface area contributed by atoms with Crippen molar-refractivity contribution in [3.8, 4) is 11.3 Å². The SMILES string of the molecule is C[C@H]1Cc2nccc(-c3ccc(NC(=O)OC(C)(C)C)nn3)c2C=C1CC1CCC=C(c2ccc(C(=O)N(C)C)cc2)CC1. The number of hydrogen-bond acceptors (Lipinski definition) is 6. The summed E-state index contributed by atoms with van der Waals surface area (Å²) in [6.45, 7) is 7.75. The number of nitrogens with zero attached hydrogens (tertiary/aromatic N) is 4. The molecule has 0 saturated carbocycles. The molecule has 2 aliphatic carbocycles. The van der Waals surface area contributed by atoms with Crippen LogP contribution in [0.15, 0.2) is 60.3 Å². The molecule has 2 aliphatic rings. The number of rotatable bonds is 6. The zero-order chi connectivity index (χ0) is 31.4. The maximum atomic E-state index is 12.3. The summed E-state index contributed by atoms with van der Waals surface area (Å²) in [6.07, 6.45) is 12.4. The highest BCUT2D eigenvalue weighted by Gasteiger charge is 2.25. The second kappa shape index (κ2) is 13.1. The van der Waals surface area contributed by atoms with E-state index in [1.807, 2.05) is 51.2 Å². The first-order chi connectivity index (χ1) is 21.0. The minimum atomic E-state index is -0.592. The molecule has 5 rings (SSSR count). The van der Waals surface area contributed by atoms with Gasteiger partial charge in [-0.25, -0.2) is 4.79 Å². The van der Waals surface area contributed by atoms with Gasteiger partial charge in [-0.05, 0) is 113 Å². The molecule has 2 atom stereocenters. The van der Waals surface area contributed by atoms with Gasteiger partial charge in [0.15, 0.2) is 5.82 Å². The van der Waals surface area contributed by atoms with Crippen LogP contribution < -0.4 is 5.32 Å². The number of fused-ring (bicyclic) bond motifs is 1. The Morgan fingerprint density at radius 3 is 2.48 bits per heavy atom. The van der Waals surface area contributed by atoms with Gasteiger partial charge in [0.1, 0.15) is 5.60 Å². The molecule has 8 nitrogen and oxygen atoms in total. The molecule has 44 heavy (non-hydrogen) atoms. The number of allylic oxidation sites excluding steroid dienone is 3. The van der Waals surface area contributed by atoms with Gasteiger partial charge in [-0.2, -0.15) is 0 Å². The quantitative estimate of drug-likeness (QED) is 0.313. The number of amides is 2. The molecule has 230 valence electrons. The third-order valence-corrected chi connectivity index (χ3v) is 8.33. The van der Waals surface area contributed by atoms with E-state index in [-0.39, 0.29) is 5.91 Å². The summed E-state index contributed by atoms with van der Waals surface area (Å²) in [5, 5.41) is 11.3. The fourth-order valence-corrected chi connectivity index (χ4v) is 6.01. The highest BCUT2D eigenvalue weighted by molar-refractivity contribution is 5.94. The van der Waals surface area contributed by atoms with Gasteiger partial charge in [-0.3, -0.25) is 15.1 Å². The molecule has 1 aromatic carbocycles. The van der Waals surface area contributed by atoms with E-state index in [2.05, 4.69) is 46.7 Å². The number of hydrogen-bond donors (Lipinski definition) is 1. The molecule has 1 N–H and O–H groups in total. The molecule has 0 aliphatic heterocycles. The lowest BCUT2D eigenvalue weighted by Gasteiger charge is -2.27. The standard InChI is InChI=1S/C36H43N5O3/c1-23-20-32-30(29(18-19-37-32)31-16-17-33(40-39-31)38-35(43)44-36(2,3)4)22-28(23)21-24-8-7-9-25(11-10-24)26-12-14-27(15-13-26)34(42)41(5)6/h9,12-19,22-24H,7-8,10-11,20-21H2,1-6H3,(H,38,40,43)/t23-,24?/m0/s1. The number of pyridine rings is 1. The van der Waals surface area contributed by atoms with Crippen molar-refractivity contribution in [2.24, 2.45) is 11.8 Å². The molecule has 0 bridgehead atoms. The fourth-order valence-electron chi connectivity index (χ4n) is 6.01. The molecule has 2 aromatic heterocycles. The van der Waals surface area contributed by atoms with Gasteiger partial charge in [0.05, 0.1) is 5.69 Å². The average Bonchev–Trinajstić information content (AvgIpc) is 3.22. The van der Waals surface area contributed by atoms with Gasteiger partial charge >= 0.3 is 6.09 Å². The Morgan fingerprint density at radius 2 is 1.80 bits per heavy atom. The second-order valence-corrected chi connectivity index (χ2v) is 13.2. The van der Waals surface area contributed by atoms with Crippen LogP contribution in [0.1, 0.15) is 87.0 Å². The summed E-state index contributed by atoms with van der Waals surface area (Å²) in [5.41, 5.74) is 8.11. The highest BCUT2D eigenvalue weighted by Crippen LogP contribution is 2.39. The lowest BCUT2D eigenvalue weighted by Crippen LogP contribution is -2.27. The smallest absolute Gasteiger partial charge is 0.413 e. The molecule has 0 radical (unpaired) electrons. The zero-order valence-electron chi connectivity index (χ0n) is 26.7. The van der Waals surface area contributed by atoms with E-state index in [0.29, 0.717) is 17.7 Å². The first-order valence-corrected chi connectivity index (χ1v) is 15.5. The van der Waals surface area contributed by atoms with Crippen molar-refractivity contribution < 1.29 is 14.3 Å². The van der Waals surface area contributed by atoms with Gasteiger partial charge in [0.2, 0.25) is 0 Å².